The molecular weight excluding hydrogens is 367 g/mol. The number of halogens is 1. The van der Waals surface area contributed by atoms with Crippen LogP contribution in [0.5, 0.6) is 0 Å². The Bertz CT molecular complexity index is 805. The number of ether oxygens (including phenoxy) is 1. The van der Waals surface area contributed by atoms with E-state index in [9.17, 15) is 9.18 Å². The first-order valence-electron chi connectivity index (χ1n) is 10.5. The second-order valence-corrected chi connectivity index (χ2v) is 8.21. The van der Waals surface area contributed by atoms with Gasteiger partial charge in [0.1, 0.15) is 5.82 Å². The maximum Gasteiger partial charge on any atom is 0.226 e. The Labute approximate surface area is 172 Å². The molecule has 4 nitrogen and oxygen atoms in total. The minimum absolute atomic E-state index is 0.00341. The summed E-state index contributed by atoms with van der Waals surface area (Å²) in [4.78, 5) is 17.9. The third-order valence-electron chi connectivity index (χ3n) is 6.04. The van der Waals surface area contributed by atoms with E-state index in [2.05, 4.69) is 24.0 Å². The molecule has 2 aromatic rings. The largest absolute Gasteiger partial charge is 0.379 e. The molecule has 5 heteroatoms. The number of rotatable bonds is 7. The van der Waals surface area contributed by atoms with Crippen LogP contribution in [0, 0.1) is 11.7 Å². The second-order valence-electron chi connectivity index (χ2n) is 8.21. The van der Waals surface area contributed by atoms with Crippen LogP contribution in [0.15, 0.2) is 54.6 Å². The van der Waals surface area contributed by atoms with Crippen LogP contribution in [0.4, 0.5) is 4.39 Å². The molecule has 3 atom stereocenters. The lowest BCUT2D eigenvalue weighted by atomic mass is 10.1. The molecule has 0 radical (unpaired) electrons. The molecule has 2 aliphatic rings. The number of carbonyl (C=O) groups is 1. The lowest BCUT2D eigenvalue weighted by molar-refractivity contribution is -0.136. The first-order chi connectivity index (χ1) is 14.1. The van der Waals surface area contributed by atoms with Crippen molar-refractivity contribution in [2.45, 2.75) is 31.8 Å². The molecule has 0 spiro atoms. The van der Waals surface area contributed by atoms with Crippen LogP contribution in [0.2, 0.25) is 0 Å². The molecule has 1 saturated carbocycles. The molecule has 1 aliphatic heterocycles. The second kappa shape index (κ2) is 9.06. The van der Waals surface area contributed by atoms with Gasteiger partial charge < -0.3 is 9.64 Å². The highest BCUT2D eigenvalue weighted by atomic mass is 19.1. The van der Waals surface area contributed by atoms with E-state index in [1.807, 2.05) is 35.2 Å². The maximum absolute atomic E-state index is 13.5. The minimum Gasteiger partial charge on any atom is -0.379 e. The molecule has 2 fully saturated rings. The van der Waals surface area contributed by atoms with Gasteiger partial charge in [0, 0.05) is 38.1 Å². The Kier molecular flexibility index (Phi) is 6.26. The highest BCUT2D eigenvalue weighted by molar-refractivity contribution is 5.83. The van der Waals surface area contributed by atoms with Crippen molar-refractivity contribution >= 4 is 5.91 Å². The van der Waals surface area contributed by atoms with Crippen molar-refractivity contribution in [3.63, 3.8) is 0 Å². The van der Waals surface area contributed by atoms with Gasteiger partial charge in [-0.3, -0.25) is 9.69 Å². The summed E-state index contributed by atoms with van der Waals surface area (Å²) in [5.41, 5.74) is 2.21. The summed E-state index contributed by atoms with van der Waals surface area (Å²) in [6.07, 6.45) is 0.847. The fraction of sp³-hybridized carbons (Fsp3) is 0.458. The highest BCUT2D eigenvalue weighted by Crippen LogP contribution is 2.48. The molecule has 29 heavy (non-hydrogen) atoms. The molecule has 154 valence electrons. The van der Waals surface area contributed by atoms with Crippen molar-refractivity contribution in [1.29, 1.82) is 0 Å². The molecule has 0 bridgehead atoms. The van der Waals surface area contributed by atoms with Crippen molar-refractivity contribution < 1.29 is 13.9 Å². The van der Waals surface area contributed by atoms with Crippen LogP contribution in [0.3, 0.4) is 0 Å². The van der Waals surface area contributed by atoms with Gasteiger partial charge in [0.2, 0.25) is 5.91 Å². The predicted octanol–water partition coefficient (Wildman–Crippen LogP) is 3.68. The normalized spacial score (nSPS) is 22.8. The van der Waals surface area contributed by atoms with Crippen LogP contribution < -0.4 is 0 Å². The van der Waals surface area contributed by atoms with Gasteiger partial charge >= 0.3 is 0 Å². The Morgan fingerprint density at radius 2 is 1.83 bits per heavy atom. The summed E-state index contributed by atoms with van der Waals surface area (Å²) >= 11 is 0. The van der Waals surface area contributed by atoms with Gasteiger partial charge in [-0.05, 0) is 42.5 Å². The van der Waals surface area contributed by atoms with Gasteiger partial charge in [-0.25, -0.2) is 4.39 Å². The van der Waals surface area contributed by atoms with Crippen molar-refractivity contribution in [1.82, 2.24) is 9.80 Å². The molecule has 1 saturated heterocycles. The Morgan fingerprint density at radius 3 is 2.52 bits per heavy atom. The molecule has 4 rings (SSSR count). The van der Waals surface area contributed by atoms with Crippen LogP contribution in [-0.2, 0) is 16.1 Å². The smallest absolute Gasteiger partial charge is 0.226 e. The molecule has 2 aromatic carbocycles. The zero-order chi connectivity index (χ0) is 20.2. The van der Waals surface area contributed by atoms with E-state index in [1.165, 1.54) is 12.1 Å². The highest BCUT2D eigenvalue weighted by Gasteiger charge is 2.46. The summed E-state index contributed by atoms with van der Waals surface area (Å²) in [6.45, 7) is 6.97. The monoisotopic (exact) mass is 396 g/mol. The Hall–Kier alpha value is -2.24. The standard InChI is InChI=1S/C24H29FN2O2/c1-18(16-26-11-13-29-14-12-26)27(17-19-5-3-2-4-6-19)24(28)23-15-22(23)20-7-9-21(25)10-8-20/h2-10,18,22-23H,11-17H2,1H3. The number of hydrogen-bond donors (Lipinski definition) is 0. The minimum atomic E-state index is -0.234. The third kappa shape index (κ3) is 5.03. The van der Waals surface area contributed by atoms with Gasteiger partial charge in [-0.1, -0.05) is 42.5 Å². The van der Waals surface area contributed by atoms with E-state index in [1.54, 1.807) is 0 Å². The summed E-state index contributed by atoms with van der Waals surface area (Å²) in [5, 5.41) is 0. The van der Waals surface area contributed by atoms with Gasteiger partial charge in [0.15, 0.2) is 0 Å². The van der Waals surface area contributed by atoms with E-state index < -0.39 is 0 Å². The molecule has 0 N–H and O–H groups in total. The number of carbonyl (C=O) groups excluding carboxylic acids is 1. The van der Waals surface area contributed by atoms with Crippen LogP contribution >= 0.6 is 0 Å². The predicted molar refractivity (Wildman–Crippen MR) is 111 cm³/mol. The fourth-order valence-electron chi connectivity index (χ4n) is 4.25. The van der Waals surface area contributed by atoms with E-state index in [4.69, 9.17) is 4.74 Å². The SMILES string of the molecule is CC(CN1CCOCC1)N(Cc1ccccc1)C(=O)C1CC1c1ccc(F)cc1. The molecular formula is C24H29FN2O2. The van der Waals surface area contributed by atoms with Crippen molar-refractivity contribution in [2.24, 2.45) is 5.92 Å². The summed E-state index contributed by atoms with van der Waals surface area (Å²) in [5.74, 6) is 0.180. The lowest BCUT2D eigenvalue weighted by Crippen LogP contribution is -2.48. The molecule has 1 amide bonds. The Morgan fingerprint density at radius 1 is 1.14 bits per heavy atom. The quantitative estimate of drug-likeness (QED) is 0.716. The molecule has 3 unspecified atom stereocenters. The van der Waals surface area contributed by atoms with Gasteiger partial charge in [0.25, 0.3) is 0 Å². The zero-order valence-electron chi connectivity index (χ0n) is 17.0. The molecule has 1 heterocycles. The maximum atomic E-state index is 13.5. The summed E-state index contributed by atoms with van der Waals surface area (Å²) in [7, 11) is 0. The van der Waals surface area contributed by atoms with Gasteiger partial charge in [-0.15, -0.1) is 0 Å². The summed E-state index contributed by atoms with van der Waals surface area (Å²) < 4.78 is 18.7. The number of nitrogens with zero attached hydrogens (tertiary/aromatic N) is 2. The third-order valence-corrected chi connectivity index (χ3v) is 6.04. The zero-order valence-corrected chi connectivity index (χ0v) is 17.0. The van der Waals surface area contributed by atoms with E-state index in [0.717, 1.165) is 50.4 Å². The Balaban J connectivity index is 1.46. The van der Waals surface area contributed by atoms with Crippen LogP contribution in [0.25, 0.3) is 0 Å². The lowest BCUT2D eigenvalue weighted by Gasteiger charge is -2.35. The summed E-state index contributed by atoms with van der Waals surface area (Å²) in [6, 6.07) is 16.9. The topological polar surface area (TPSA) is 32.8 Å². The average Bonchev–Trinajstić information content (AvgIpc) is 3.54. The first kappa shape index (κ1) is 20.0. The van der Waals surface area contributed by atoms with Crippen LogP contribution in [0.1, 0.15) is 30.4 Å². The number of hydrogen-bond acceptors (Lipinski definition) is 3. The van der Waals surface area contributed by atoms with E-state index in [0.29, 0.717) is 6.54 Å². The van der Waals surface area contributed by atoms with Crippen molar-refractivity contribution in [3.05, 3.63) is 71.5 Å². The fourth-order valence-corrected chi connectivity index (χ4v) is 4.25. The van der Waals surface area contributed by atoms with Gasteiger partial charge in [-0.2, -0.15) is 0 Å². The van der Waals surface area contributed by atoms with Gasteiger partial charge in [0.05, 0.1) is 13.2 Å². The van der Waals surface area contributed by atoms with Crippen molar-refractivity contribution in [3.8, 4) is 0 Å². The van der Waals surface area contributed by atoms with Crippen molar-refractivity contribution in [2.75, 3.05) is 32.8 Å². The number of amides is 1. The first-order valence-corrected chi connectivity index (χ1v) is 10.5. The average molecular weight is 397 g/mol. The molecule has 1 aliphatic carbocycles. The number of benzene rings is 2. The van der Waals surface area contributed by atoms with Crippen LogP contribution in [-0.4, -0.2) is 54.6 Å². The number of morpholine rings is 1. The molecule has 0 aromatic heterocycles. The van der Waals surface area contributed by atoms with E-state index >= 15 is 0 Å². The van der Waals surface area contributed by atoms with E-state index in [-0.39, 0.29) is 29.6 Å².